The molecule has 0 radical (unpaired) electrons. The average molecular weight is 525 g/mol. The average Bonchev–Trinajstić information content (AvgIpc) is 3.12. The Kier molecular flexibility index (Phi) is 8.22. The SMILES string of the molecule is CCNC(=NCc1nncn1-c1ccccc1)N1CC(=O)N(C(C)C)C(C)(C)C1.I. The van der Waals surface area contributed by atoms with E-state index in [0.29, 0.717) is 19.6 Å². The summed E-state index contributed by atoms with van der Waals surface area (Å²) >= 11 is 0. The lowest BCUT2D eigenvalue weighted by Gasteiger charge is -2.49. The monoisotopic (exact) mass is 525 g/mol. The van der Waals surface area contributed by atoms with Crippen molar-refractivity contribution in [3.05, 3.63) is 42.5 Å². The maximum Gasteiger partial charge on any atom is 0.242 e. The molecule has 1 aromatic carbocycles. The zero-order valence-corrected chi connectivity index (χ0v) is 20.7. The van der Waals surface area contributed by atoms with Crippen LogP contribution in [0.1, 0.15) is 40.4 Å². The Morgan fingerprint density at radius 2 is 1.97 bits per heavy atom. The topological polar surface area (TPSA) is 78.6 Å². The molecule has 30 heavy (non-hydrogen) atoms. The highest BCUT2D eigenvalue weighted by Gasteiger charge is 2.40. The molecule has 0 spiro atoms. The van der Waals surface area contributed by atoms with Gasteiger partial charge >= 0.3 is 0 Å². The molecule has 9 heteroatoms. The van der Waals surface area contributed by atoms with E-state index in [-0.39, 0.29) is 41.5 Å². The van der Waals surface area contributed by atoms with Crippen LogP contribution in [0.4, 0.5) is 0 Å². The van der Waals surface area contributed by atoms with Gasteiger partial charge in [0.2, 0.25) is 5.91 Å². The maximum atomic E-state index is 12.8. The number of halogens is 1. The van der Waals surface area contributed by atoms with Gasteiger partial charge < -0.3 is 15.1 Å². The zero-order valence-electron chi connectivity index (χ0n) is 18.4. The highest BCUT2D eigenvalue weighted by molar-refractivity contribution is 14.0. The molecule has 2 aromatic rings. The van der Waals surface area contributed by atoms with Crippen LogP contribution in [0.5, 0.6) is 0 Å². The van der Waals surface area contributed by atoms with Crippen LogP contribution in [0.15, 0.2) is 41.7 Å². The molecule has 3 rings (SSSR count). The minimum absolute atomic E-state index is 0. The lowest BCUT2D eigenvalue weighted by atomic mass is 9.96. The number of para-hydroxylation sites is 1. The number of carbonyl (C=O) groups is 1. The smallest absolute Gasteiger partial charge is 0.242 e. The van der Waals surface area contributed by atoms with Crippen LogP contribution in [-0.4, -0.2) is 67.6 Å². The predicted octanol–water partition coefficient (Wildman–Crippen LogP) is 2.68. The van der Waals surface area contributed by atoms with Crippen molar-refractivity contribution >= 4 is 35.8 Å². The number of rotatable bonds is 5. The molecule has 1 aromatic heterocycles. The molecule has 0 bridgehead atoms. The normalized spacial score (nSPS) is 16.6. The highest BCUT2D eigenvalue weighted by atomic mass is 127. The van der Waals surface area contributed by atoms with Crippen molar-refractivity contribution in [2.75, 3.05) is 19.6 Å². The molecule has 0 atom stereocenters. The molecular weight excluding hydrogens is 493 g/mol. The number of nitrogens with zero attached hydrogens (tertiary/aromatic N) is 6. The Labute approximate surface area is 195 Å². The molecule has 8 nitrogen and oxygen atoms in total. The Morgan fingerprint density at radius 3 is 2.57 bits per heavy atom. The summed E-state index contributed by atoms with van der Waals surface area (Å²) < 4.78 is 1.93. The summed E-state index contributed by atoms with van der Waals surface area (Å²) in [4.78, 5) is 21.6. The van der Waals surface area contributed by atoms with Crippen LogP contribution in [0.2, 0.25) is 0 Å². The minimum Gasteiger partial charge on any atom is -0.356 e. The van der Waals surface area contributed by atoms with Crippen molar-refractivity contribution in [2.24, 2.45) is 4.99 Å². The van der Waals surface area contributed by atoms with Gasteiger partial charge in [-0.3, -0.25) is 9.36 Å². The molecule has 1 amide bonds. The van der Waals surface area contributed by atoms with Crippen LogP contribution < -0.4 is 5.32 Å². The van der Waals surface area contributed by atoms with Crippen molar-refractivity contribution in [3.8, 4) is 5.69 Å². The number of benzene rings is 1. The summed E-state index contributed by atoms with van der Waals surface area (Å²) in [5.41, 5.74) is 0.721. The van der Waals surface area contributed by atoms with Crippen molar-refractivity contribution in [3.63, 3.8) is 0 Å². The number of nitrogens with one attached hydrogen (secondary N) is 1. The van der Waals surface area contributed by atoms with Gasteiger partial charge in [0.15, 0.2) is 11.8 Å². The number of guanidine groups is 1. The van der Waals surface area contributed by atoms with Gasteiger partial charge in [0.25, 0.3) is 0 Å². The number of piperazine rings is 1. The van der Waals surface area contributed by atoms with E-state index in [1.54, 1.807) is 6.33 Å². The molecule has 1 saturated heterocycles. The third kappa shape index (κ3) is 5.30. The zero-order chi connectivity index (χ0) is 21.0. The van der Waals surface area contributed by atoms with E-state index in [1.165, 1.54) is 0 Å². The van der Waals surface area contributed by atoms with Gasteiger partial charge in [0.05, 0.1) is 12.1 Å². The molecule has 1 aliphatic rings. The van der Waals surface area contributed by atoms with Gasteiger partial charge in [-0.15, -0.1) is 34.2 Å². The van der Waals surface area contributed by atoms with E-state index in [4.69, 9.17) is 4.99 Å². The summed E-state index contributed by atoms with van der Waals surface area (Å²) in [5.74, 6) is 1.59. The van der Waals surface area contributed by atoms with E-state index in [1.807, 2.05) is 51.6 Å². The molecule has 0 unspecified atom stereocenters. The summed E-state index contributed by atoms with van der Waals surface area (Å²) in [6, 6.07) is 10.1. The first-order valence-corrected chi connectivity index (χ1v) is 10.1. The van der Waals surface area contributed by atoms with Crippen LogP contribution in [0, 0.1) is 0 Å². The Balaban J connectivity index is 0.00000320. The molecule has 0 aliphatic carbocycles. The summed E-state index contributed by atoms with van der Waals surface area (Å²) in [6.45, 7) is 12.5. The number of hydrogen-bond acceptors (Lipinski definition) is 4. The lowest BCUT2D eigenvalue weighted by Crippen LogP contribution is -2.66. The third-order valence-corrected chi connectivity index (χ3v) is 5.00. The molecule has 1 N–H and O–H groups in total. The van der Waals surface area contributed by atoms with E-state index in [9.17, 15) is 4.79 Å². The van der Waals surface area contributed by atoms with Gasteiger partial charge in [0, 0.05) is 24.8 Å². The molecular formula is C21H32IN7O. The first-order valence-electron chi connectivity index (χ1n) is 10.1. The van der Waals surface area contributed by atoms with E-state index in [2.05, 4.69) is 43.2 Å². The summed E-state index contributed by atoms with van der Waals surface area (Å²) in [7, 11) is 0. The fraction of sp³-hybridized carbons (Fsp3) is 0.524. The van der Waals surface area contributed by atoms with Crippen molar-refractivity contribution < 1.29 is 4.79 Å². The molecule has 1 fully saturated rings. The van der Waals surface area contributed by atoms with E-state index < -0.39 is 0 Å². The lowest BCUT2D eigenvalue weighted by molar-refractivity contribution is -0.145. The Morgan fingerprint density at radius 1 is 1.27 bits per heavy atom. The Bertz CT molecular complexity index is 863. The van der Waals surface area contributed by atoms with Gasteiger partial charge in [-0.05, 0) is 46.8 Å². The summed E-state index contributed by atoms with van der Waals surface area (Å²) in [6.07, 6.45) is 1.70. The minimum atomic E-state index is -0.274. The van der Waals surface area contributed by atoms with Gasteiger partial charge in [-0.1, -0.05) is 18.2 Å². The summed E-state index contributed by atoms with van der Waals surface area (Å²) in [5, 5.41) is 11.6. The highest BCUT2D eigenvalue weighted by Crippen LogP contribution is 2.24. The second kappa shape index (κ2) is 10.2. The molecule has 164 valence electrons. The number of carbonyl (C=O) groups excluding carboxylic acids is 1. The first-order chi connectivity index (χ1) is 13.8. The molecule has 0 saturated carbocycles. The standard InChI is InChI=1S/C21H31N7O.HI/c1-6-22-20(26-13-19(29)28(16(2)3)21(4,5)14-26)23-12-18-25-24-15-27(18)17-10-8-7-9-11-17;/h7-11,15-16H,6,12-14H2,1-5H3,(H,22,23);1H. The van der Waals surface area contributed by atoms with Crippen molar-refractivity contribution in [1.29, 1.82) is 0 Å². The van der Waals surface area contributed by atoms with Crippen LogP contribution >= 0.6 is 24.0 Å². The van der Waals surface area contributed by atoms with Crippen molar-refractivity contribution in [1.82, 2.24) is 29.9 Å². The fourth-order valence-electron chi connectivity index (χ4n) is 4.06. The predicted molar refractivity (Wildman–Crippen MR) is 129 cm³/mol. The number of aromatic nitrogens is 3. The second-order valence-corrected chi connectivity index (χ2v) is 8.15. The number of hydrogen-bond donors (Lipinski definition) is 1. The van der Waals surface area contributed by atoms with E-state index in [0.717, 1.165) is 24.0 Å². The first kappa shape index (κ1) is 24.1. The van der Waals surface area contributed by atoms with Crippen LogP contribution in [0.25, 0.3) is 5.69 Å². The largest absolute Gasteiger partial charge is 0.356 e. The maximum absolute atomic E-state index is 12.8. The van der Waals surface area contributed by atoms with Crippen LogP contribution in [0.3, 0.4) is 0 Å². The third-order valence-electron chi connectivity index (χ3n) is 5.00. The van der Waals surface area contributed by atoms with Crippen molar-refractivity contribution in [2.45, 2.75) is 52.7 Å². The molecule has 1 aliphatic heterocycles. The number of aliphatic imine (C=N–C) groups is 1. The molecule has 2 heterocycles. The quantitative estimate of drug-likeness (QED) is 0.369. The fourth-order valence-corrected chi connectivity index (χ4v) is 4.06. The van der Waals surface area contributed by atoms with E-state index >= 15 is 0 Å². The van der Waals surface area contributed by atoms with Crippen LogP contribution in [-0.2, 0) is 11.3 Å². The van der Waals surface area contributed by atoms with Gasteiger partial charge in [-0.25, -0.2) is 4.99 Å². The van der Waals surface area contributed by atoms with Gasteiger partial charge in [0.1, 0.15) is 12.9 Å². The van der Waals surface area contributed by atoms with Gasteiger partial charge in [-0.2, -0.15) is 0 Å². The Hall–Kier alpha value is -2.17. The number of amides is 1. The second-order valence-electron chi connectivity index (χ2n) is 8.15.